The van der Waals surface area contributed by atoms with Crippen molar-refractivity contribution in [3.8, 4) is 5.69 Å². The van der Waals surface area contributed by atoms with Gasteiger partial charge in [0.25, 0.3) is 5.91 Å². The SMILES string of the molecule is O=C(O)CN1CCOC2(CCN(C(=O)c3cn(-c4ccccc4)nn3)C2)C1. The van der Waals surface area contributed by atoms with Crippen LogP contribution in [0.4, 0.5) is 0 Å². The smallest absolute Gasteiger partial charge is 0.317 e. The summed E-state index contributed by atoms with van der Waals surface area (Å²) in [6.45, 7) is 2.55. The Morgan fingerprint density at radius 1 is 1.19 bits per heavy atom. The molecule has 1 aromatic carbocycles. The lowest BCUT2D eigenvalue weighted by Gasteiger charge is -2.39. The average molecular weight is 371 g/mol. The molecular formula is C18H21N5O4. The van der Waals surface area contributed by atoms with Gasteiger partial charge in [0.15, 0.2) is 5.69 Å². The molecular weight excluding hydrogens is 350 g/mol. The molecule has 0 saturated carbocycles. The van der Waals surface area contributed by atoms with Crippen molar-refractivity contribution in [1.29, 1.82) is 0 Å². The fourth-order valence-electron chi connectivity index (χ4n) is 3.75. The van der Waals surface area contributed by atoms with Gasteiger partial charge in [0, 0.05) is 19.6 Å². The van der Waals surface area contributed by atoms with Crippen LogP contribution in [0.25, 0.3) is 5.69 Å². The first-order valence-electron chi connectivity index (χ1n) is 8.90. The highest BCUT2D eigenvalue weighted by Gasteiger charge is 2.44. The van der Waals surface area contributed by atoms with Crippen molar-refractivity contribution in [3.05, 3.63) is 42.2 Å². The molecule has 9 nitrogen and oxygen atoms in total. The molecule has 1 aromatic heterocycles. The number of aromatic nitrogens is 3. The molecule has 1 N–H and O–H groups in total. The lowest BCUT2D eigenvalue weighted by Crippen LogP contribution is -2.54. The van der Waals surface area contributed by atoms with Gasteiger partial charge >= 0.3 is 5.97 Å². The number of aliphatic carboxylic acids is 1. The molecule has 9 heteroatoms. The van der Waals surface area contributed by atoms with Gasteiger partial charge in [-0.1, -0.05) is 23.4 Å². The third kappa shape index (κ3) is 3.69. The van der Waals surface area contributed by atoms with E-state index in [1.165, 1.54) is 0 Å². The summed E-state index contributed by atoms with van der Waals surface area (Å²) in [4.78, 5) is 27.4. The van der Waals surface area contributed by atoms with Gasteiger partial charge in [-0.3, -0.25) is 14.5 Å². The number of amides is 1. The summed E-state index contributed by atoms with van der Waals surface area (Å²) in [7, 11) is 0. The van der Waals surface area contributed by atoms with Crippen molar-refractivity contribution in [2.24, 2.45) is 0 Å². The summed E-state index contributed by atoms with van der Waals surface area (Å²) >= 11 is 0. The average Bonchev–Trinajstić information content (AvgIpc) is 3.30. The summed E-state index contributed by atoms with van der Waals surface area (Å²) in [5.41, 5.74) is 0.620. The van der Waals surface area contributed by atoms with Gasteiger partial charge in [0.2, 0.25) is 0 Å². The van der Waals surface area contributed by atoms with E-state index in [0.717, 1.165) is 5.69 Å². The molecule has 142 valence electrons. The zero-order valence-electron chi connectivity index (χ0n) is 14.8. The number of carboxylic acid groups (broad SMARTS) is 1. The maximum atomic E-state index is 12.8. The molecule has 2 aliphatic rings. The molecule has 1 atom stereocenters. The predicted octanol–water partition coefficient (Wildman–Crippen LogP) is 0.269. The Labute approximate surface area is 156 Å². The number of morpholine rings is 1. The Bertz CT molecular complexity index is 839. The number of likely N-dealkylation sites (tertiary alicyclic amines) is 1. The number of hydrogen-bond acceptors (Lipinski definition) is 6. The van der Waals surface area contributed by atoms with Gasteiger partial charge in [-0.15, -0.1) is 5.10 Å². The fraction of sp³-hybridized carbons (Fsp3) is 0.444. The van der Waals surface area contributed by atoms with Crippen LogP contribution in [0.5, 0.6) is 0 Å². The molecule has 0 bridgehead atoms. The molecule has 2 fully saturated rings. The maximum Gasteiger partial charge on any atom is 0.317 e. The van der Waals surface area contributed by atoms with Crippen LogP contribution in [0.2, 0.25) is 0 Å². The van der Waals surface area contributed by atoms with E-state index in [9.17, 15) is 9.59 Å². The van der Waals surface area contributed by atoms with E-state index in [1.54, 1.807) is 15.8 Å². The van der Waals surface area contributed by atoms with E-state index in [1.807, 2.05) is 35.2 Å². The van der Waals surface area contributed by atoms with E-state index >= 15 is 0 Å². The molecule has 2 aromatic rings. The quantitative estimate of drug-likeness (QED) is 0.823. The van der Waals surface area contributed by atoms with Crippen LogP contribution in [-0.2, 0) is 9.53 Å². The molecule has 27 heavy (non-hydrogen) atoms. The highest BCUT2D eigenvalue weighted by atomic mass is 16.5. The van der Waals surface area contributed by atoms with Gasteiger partial charge < -0.3 is 14.7 Å². The summed E-state index contributed by atoms with van der Waals surface area (Å²) in [6, 6.07) is 9.48. The second kappa shape index (κ2) is 7.09. The van der Waals surface area contributed by atoms with E-state index in [2.05, 4.69) is 10.3 Å². The number of carboxylic acids is 1. The molecule has 1 unspecified atom stereocenters. The van der Waals surface area contributed by atoms with Gasteiger partial charge in [-0.25, -0.2) is 4.68 Å². The van der Waals surface area contributed by atoms with Crippen molar-refractivity contribution in [2.45, 2.75) is 12.0 Å². The molecule has 0 aliphatic carbocycles. The Kier molecular flexibility index (Phi) is 4.63. The van der Waals surface area contributed by atoms with Crippen molar-refractivity contribution in [2.75, 3.05) is 39.3 Å². The molecule has 1 amide bonds. The normalized spacial score (nSPS) is 23.0. The Balaban J connectivity index is 1.44. The van der Waals surface area contributed by atoms with E-state index < -0.39 is 11.6 Å². The maximum absolute atomic E-state index is 12.8. The first-order chi connectivity index (χ1) is 13.0. The summed E-state index contributed by atoms with van der Waals surface area (Å²) in [5, 5.41) is 17.1. The van der Waals surface area contributed by atoms with E-state index in [0.29, 0.717) is 39.2 Å². The Morgan fingerprint density at radius 2 is 2.00 bits per heavy atom. The van der Waals surface area contributed by atoms with Crippen LogP contribution in [0.1, 0.15) is 16.9 Å². The second-order valence-electron chi connectivity index (χ2n) is 7.00. The number of nitrogens with zero attached hydrogens (tertiary/aromatic N) is 5. The van der Waals surface area contributed by atoms with Crippen LogP contribution in [0.3, 0.4) is 0 Å². The lowest BCUT2D eigenvalue weighted by molar-refractivity contribution is -0.144. The number of benzene rings is 1. The summed E-state index contributed by atoms with van der Waals surface area (Å²) < 4.78 is 7.53. The standard InChI is InChI=1S/C18H21N5O4/c24-16(25)11-21-8-9-27-18(12-21)6-7-22(13-18)17(26)15-10-23(20-19-15)14-4-2-1-3-5-14/h1-5,10H,6-9,11-13H2,(H,24,25). The van der Waals surface area contributed by atoms with Crippen LogP contribution in [-0.4, -0.2) is 86.7 Å². The Morgan fingerprint density at radius 3 is 2.78 bits per heavy atom. The van der Waals surface area contributed by atoms with E-state index in [-0.39, 0.29) is 18.1 Å². The minimum atomic E-state index is -0.851. The minimum absolute atomic E-state index is 0.00947. The van der Waals surface area contributed by atoms with Crippen LogP contribution >= 0.6 is 0 Å². The van der Waals surface area contributed by atoms with Crippen molar-refractivity contribution in [1.82, 2.24) is 24.8 Å². The monoisotopic (exact) mass is 371 g/mol. The number of rotatable bonds is 4. The van der Waals surface area contributed by atoms with Gasteiger partial charge in [0.05, 0.1) is 31.6 Å². The highest BCUT2D eigenvalue weighted by molar-refractivity contribution is 5.92. The lowest BCUT2D eigenvalue weighted by atomic mass is 10.0. The number of ether oxygens (including phenoxy) is 1. The number of carbonyl (C=O) groups excluding carboxylic acids is 1. The third-order valence-electron chi connectivity index (χ3n) is 5.02. The fourth-order valence-corrected chi connectivity index (χ4v) is 3.75. The third-order valence-corrected chi connectivity index (χ3v) is 5.02. The first kappa shape index (κ1) is 17.6. The zero-order valence-corrected chi connectivity index (χ0v) is 14.8. The first-order valence-corrected chi connectivity index (χ1v) is 8.90. The van der Waals surface area contributed by atoms with Gasteiger partial charge in [0.1, 0.15) is 5.60 Å². The largest absolute Gasteiger partial charge is 0.480 e. The van der Waals surface area contributed by atoms with Crippen molar-refractivity contribution >= 4 is 11.9 Å². The number of para-hydroxylation sites is 1. The summed E-state index contributed by atoms with van der Waals surface area (Å²) in [5.74, 6) is -1.04. The van der Waals surface area contributed by atoms with Gasteiger partial charge in [-0.05, 0) is 18.6 Å². The molecule has 3 heterocycles. The van der Waals surface area contributed by atoms with Gasteiger partial charge in [-0.2, -0.15) is 0 Å². The van der Waals surface area contributed by atoms with Crippen LogP contribution in [0, 0.1) is 0 Å². The highest BCUT2D eigenvalue weighted by Crippen LogP contribution is 2.30. The predicted molar refractivity (Wildman–Crippen MR) is 94.6 cm³/mol. The van der Waals surface area contributed by atoms with Crippen molar-refractivity contribution in [3.63, 3.8) is 0 Å². The van der Waals surface area contributed by atoms with Crippen LogP contribution < -0.4 is 0 Å². The molecule has 2 aliphatic heterocycles. The Hall–Kier alpha value is -2.78. The van der Waals surface area contributed by atoms with E-state index in [4.69, 9.17) is 9.84 Å². The number of carbonyl (C=O) groups is 2. The van der Waals surface area contributed by atoms with Crippen LogP contribution in [0.15, 0.2) is 36.5 Å². The zero-order chi connectivity index (χ0) is 18.9. The summed E-state index contributed by atoms with van der Waals surface area (Å²) in [6.07, 6.45) is 2.31. The topological polar surface area (TPSA) is 101 Å². The minimum Gasteiger partial charge on any atom is -0.480 e. The molecule has 1 spiro atoms. The van der Waals surface area contributed by atoms with Crippen molar-refractivity contribution < 1.29 is 19.4 Å². The molecule has 0 radical (unpaired) electrons. The molecule has 4 rings (SSSR count). The number of hydrogen-bond donors (Lipinski definition) is 1. The molecule has 2 saturated heterocycles. The second-order valence-corrected chi connectivity index (χ2v) is 7.00.